The molecule has 1 saturated carbocycles. The second-order valence-corrected chi connectivity index (χ2v) is 12.2. The van der Waals surface area contributed by atoms with Crippen molar-refractivity contribution < 1.29 is 8.42 Å². The van der Waals surface area contributed by atoms with Crippen molar-refractivity contribution in [3.8, 4) is 17.5 Å². The van der Waals surface area contributed by atoms with Crippen molar-refractivity contribution in [1.82, 2.24) is 14.3 Å². The van der Waals surface area contributed by atoms with Crippen molar-refractivity contribution in [1.29, 1.82) is 5.26 Å². The van der Waals surface area contributed by atoms with Crippen molar-refractivity contribution >= 4 is 32.7 Å². The van der Waals surface area contributed by atoms with Crippen LogP contribution in [0, 0.1) is 11.3 Å². The van der Waals surface area contributed by atoms with Crippen LogP contribution in [0.15, 0.2) is 46.3 Å². The highest BCUT2D eigenvalue weighted by Gasteiger charge is 2.29. The molecule has 6 nitrogen and oxygen atoms in total. The summed E-state index contributed by atoms with van der Waals surface area (Å²) in [5.74, 6) is 0. The van der Waals surface area contributed by atoms with Crippen LogP contribution in [0.4, 0.5) is 0 Å². The van der Waals surface area contributed by atoms with Crippen LogP contribution >= 0.6 is 11.8 Å². The Morgan fingerprint density at radius 1 is 1.19 bits per heavy atom. The zero-order valence-corrected chi connectivity index (χ0v) is 20.4. The Morgan fingerprint density at radius 3 is 2.47 bits per heavy atom. The molecular formula is C24H28N4O2S2. The summed E-state index contributed by atoms with van der Waals surface area (Å²) in [7, 11) is -3.62. The van der Waals surface area contributed by atoms with E-state index in [1.54, 1.807) is 37.7 Å². The number of pyridine rings is 1. The number of sulfonamides is 1. The molecule has 0 aliphatic heterocycles. The molecule has 2 aromatic heterocycles. The molecule has 0 unspecified atom stereocenters. The summed E-state index contributed by atoms with van der Waals surface area (Å²) >= 11 is 1.80. The number of rotatable bonds is 7. The fraction of sp³-hybridized carbons (Fsp3) is 0.417. The number of hydrogen-bond donors (Lipinski definition) is 1. The van der Waals surface area contributed by atoms with Gasteiger partial charge in [-0.1, -0.05) is 19.9 Å². The summed E-state index contributed by atoms with van der Waals surface area (Å²) < 4.78 is 29.8. The first-order chi connectivity index (χ1) is 15.2. The molecule has 0 saturated heterocycles. The number of benzene rings is 1. The zero-order chi connectivity index (χ0) is 23.0. The van der Waals surface area contributed by atoms with Crippen LogP contribution in [0.3, 0.4) is 0 Å². The molecule has 4 rings (SSSR count). The highest BCUT2D eigenvalue weighted by molar-refractivity contribution is 7.99. The van der Waals surface area contributed by atoms with Gasteiger partial charge in [0.05, 0.1) is 22.5 Å². The van der Waals surface area contributed by atoms with Gasteiger partial charge in [0.2, 0.25) is 10.0 Å². The lowest BCUT2D eigenvalue weighted by Gasteiger charge is -2.30. The fourth-order valence-electron chi connectivity index (χ4n) is 4.08. The van der Waals surface area contributed by atoms with Gasteiger partial charge in [0.15, 0.2) is 0 Å². The average molecular weight is 469 g/mol. The van der Waals surface area contributed by atoms with Crippen LogP contribution in [0.25, 0.3) is 22.3 Å². The Morgan fingerprint density at radius 2 is 1.94 bits per heavy atom. The summed E-state index contributed by atoms with van der Waals surface area (Å²) in [5.41, 5.74) is 3.04. The fourth-order valence-corrected chi connectivity index (χ4v) is 6.15. The van der Waals surface area contributed by atoms with E-state index in [0.29, 0.717) is 22.5 Å². The Kier molecular flexibility index (Phi) is 6.35. The lowest BCUT2D eigenvalue weighted by molar-refractivity contribution is 0.324. The third-order valence-corrected chi connectivity index (χ3v) is 8.22. The van der Waals surface area contributed by atoms with Crippen LogP contribution in [0.1, 0.15) is 58.6 Å². The molecular weight excluding hydrogens is 440 g/mol. The van der Waals surface area contributed by atoms with Gasteiger partial charge >= 0.3 is 0 Å². The van der Waals surface area contributed by atoms with Crippen molar-refractivity contribution in [2.24, 2.45) is 0 Å². The smallest absolute Gasteiger partial charge is 0.242 e. The highest BCUT2D eigenvalue weighted by Crippen LogP contribution is 2.43. The predicted octanol–water partition coefficient (Wildman–Crippen LogP) is 5.49. The third kappa shape index (κ3) is 4.29. The number of hydrogen-bond acceptors (Lipinski definition) is 5. The van der Waals surface area contributed by atoms with E-state index in [-0.39, 0.29) is 10.9 Å². The molecule has 2 heterocycles. The molecule has 1 fully saturated rings. The number of nitrogens with zero attached hydrogens (tertiary/aromatic N) is 3. The van der Waals surface area contributed by atoms with Gasteiger partial charge in [0.25, 0.3) is 0 Å². The number of nitriles is 1. The van der Waals surface area contributed by atoms with E-state index in [2.05, 4.69) is 46.3 Å². The Balaban J connectivity index is 1.87. The number of aromatic nitrogens is 2. The number of fused-ring (bicyclic) bond motifs is 1. The van der Waals surface area contributed by atoms with E-state index in [4.69, 9.17) is 0 Å². The quantitative estimate of drug-likeness (QED) is 0.464. The average Bonchev–Trinajstić information content (AvgIpc) is 2.99. The van der Waals surface area contributed by atoms with E-state index in [1.165, 1.54) is 11.1 Å². The molecule has 168 valence electrons. The molecule has 1 aliphatic carbocycles. The maximum atomic E-state index is 12.5. The van der Waals surface area contributed by atoms with E-state index >= 15 is 0 Å². The summed E-state index contributed by atoms with van der Waals surface area (Å²) in [6.07, 6.45) is 4.67. The topological polar surface area (TPSA) is 87.8 Å². The molecule has 8 heteroatoms. The largest absolute Gasteiger partial charge is 0.335 e. The molecule has 0 bridgehead atoms. The van der Waals surface area contributed by atoms with Crippen molar-refractivity contribution in [3.05, 3.63) is 42.1 Å². The normalized spacial score (nSPS) is 14.8. The monoisotopic (exact) mass is 468 g/mol. The molecule has 3 aromatic rings. The molecule has 0 spiro atoms. The van der Waals surface area contributed by atoms with Crippen molar-refractivity contribution in [2.75, 3.05) is 0 Å². The lowest BCUT2D eigenvalue weighted by Crippen LogP contribution is -2.30. The summed E-state index contributed by atoms with van der Waals surface area (Å²) in [6.45, 7) is 7.89. The number of thioether (sulfide) groups is 1. The lowest BCUT2D eigenvalue weighted by atomic mass is 9.92. The SMILES string of the molecule is CC(C)NS(=O)(=O)c1ccc(-c2c(C#N)c3ccc(SC(C)C)cc3n2C2CCC2)nc1. The Labute approximate surface area is 194 Å². The molecule has 1 aliphatic rings. The maximum absolute atomic E-state index is 12.5. The zero-order valence-electron chi connectivity index (χ0n) is 18.8. The third-order valence-electron chi connectivity index (χ3n) is 5.58. The van der Waals surface area contributed by atoms with Gasteiger partial charge in [0.1, 0.15) is 11.0 Å². The van der Waals surface area contributed by atoms with Gasteiger partial charge in [-0.05, 0) is 57.4 Å². The van der Waals surface area contributed by atoms with Crippen molar-refractivity contribution in [2.45, 2.75) is 74.1 Å². The second-order valence-electron chi connectivity index (χ2n) is 8.79. The van der Waals surface area contributed by atoms with Gasteiger partial charge in [0, 0.05) is 33.8 Å². The summed E-state index contributed by atoms with van der Waals surface area (Å²) in [6, 6.07) is 12.1. The second kappa shape index (κ2) is 8.89. The maximum Gasteiger partial charge on any atom is 0.242 e. The van der Waals surface area contributed by atoms with E-state index in [9.17, 15) is 13.7 Å². The first-order valence-electron chi connectivity index (χ1n) is 10.9. The van der Waals surface area contributed by atoms with Gasteiger partial charge in [-0.2, -0.15) is 5.26 Å². The molecule has 1 aromatic carbocycles. The summed E-state index contributed by atoms with van der Waals surface area (Å²) in [5, 5.41) is 11.4. The Hall–Kier alpha value is -2.34. The molecule has 32 heavy (non-hydrogen) atoms. The van der Waals surface area contributed by atoms with Crippen LogP contribution in [0.2, 0.25) is 0 Å². The predicted molar refractivity (Wildman–Crippen MR) is 129 cm³/mol. The minimum atomic E-state index is -3.62. The van der Waals surface area contributed by atoms with Gasteiger partial charge in [-0.3, -0.25) is 4.98 Å². The molecule has 0 atom stereocenters. The Bertz CT molecular complexity index is 1280. The first-order valence-corrected chi connectivity index (χ1v) is 13.3. The minimum Gasteiger partial charge on any atom is -0.335 e. The van der Waals surface area contributed by atoms with Crippen LogP contribution < -0.4 is 4.72 Å². The van der Waals surface area contributed by atoms with Gasteiger partial charge in [-0.15, -0.1) is 11.8 Å². The standard InChI is InChI=1S/C24H28N4O2S2/c1-15(2)27-32(29,30)19-9-11-22(26-14-19)24-21(13-25)20-10-8-18(31-16(3)4)12-23(20)28(24)17-6-5-7-17/h8-12,14-17,27H,5-7H2,1-4H3. The van der Waals surface area contributed by atoms with E-state index in [1.807, 2.05) is 6.07 Å². The van der Waals surface area contributed by atoms with Gasteiger partial charge in [-0.25, -0.2) is 13.1 Å². The van der Waals surface area contributed by atoms with E-state index < -0.39 is 10.0 Å². The summed E-state index contributed by atoms with van der Waals surface area (Å²) in [4.78, 5) is 5.80. The van der Waals surface area contributed by atoms with Gasteiger partial charge < -0.3 is 4.57 Å². The molecule has 1 N–H and O–H groups in total. The molecule has 0 amide bonds. The van der Waals surface area contributed by atoms with E-state index in [0.717, 1.165) is 35.9 Å². The van der Waals surface area contributed by atoms with Crippen LogP contribution in [-0.4, -0.2) is 29.3 Å². The molecule has 0 radical (unpaired) electrons. The van der Waals surface area contributed by atoms with Crippen LogP contribution in [-0.2, 0) is 10.0 Å². The highest BCUT2D eigenvalue weighted by atomic mass is 32.2. The first kappa shape index (κ1) is 22.8. The van der Waals surface area contributed by atoms with Crippen molar-refractivity contribution in [3.63, 3.8) is 0 Å². The number of nitrogens with one attached hydrogen (secondary N) is 1. The van der Waals surface area contributed by atoms with Crippen LogP contribution in [0.5, 0.6) is 0 Å². The minimum absolute atomic E-state index is 0.121.